The van der Waals surface area contributed by atoms with Crippen LogP contribution in [0, 0.1) is 16.2 Å². The molecular weight excluding hydrogens is 406 g/mol. The Hall–Kier alpha value is -2.05. The van der Waals surface area contributed by atoms with Gasteiger partial charge in [0, 0.05) is 16.7 Å². The van der Waals surface area contributed by atoms with Gasteiger partial charge < -0.3 is 10.4 Å². The maximum Gasteiger partial charge on any atom is 0.208 e. The normalized spacial score (nSPS) is 32.5. The third-order valence-corrected chi connectivity index (χ3v) is 7.09. The van der Waals surface area contributed by atoms with Crippen molar-refractivity contribution in [2.45, 2.75) is 72.3 Å². The zero-order valence-corrected chi connectivity index (χ0v) is 19.9. The summed E-state index contributed by atoms with van der Waals surface area (Å²) in [6, 6.07) is 9.59. The van der Waals surface area contributed by atoms with Gasteiger partial charge in [-0.05, 0) is 67.3 Å². The number of hydrogen-bond donors (Lipinski definition) is 3. The van der Waals surface area contributed by atoms with Crippen molar-refractivity contribution in [2.24, 2.45) is 21.3 Å². The van der Waals surface area contributed by atoms with Gasteiger partial charge in [-0.3, -0.25) is 10.2 Å². The number of benzene rings is 1. The van der Waals surface area contributed by atoms with Crippen molar-refractivity contribution in [3.05, 3.63) is 41.5 Å². The number of ketones is 1. The molecule has 2 atom stereocenters. The maximum absolute atomic E-state index is 13.7. The number of rotatable bonds is 2. The maximum atomic E-state index is 13.7. The lowest BCUT2D eigenvalue weighted by molar-refractivity contribution is -0.119. The first-order valence-electron chi connectivity index (χ1n) is 11.0. The highest BCUT2D eigenvalue weighted by molar-refractivity contribution is 7.80. The number of allylic oxidation sites excluding steroid dienone is 1. The minimum Gasteiger partial charge on any atom is -0.385 e. The minimum absolute atomic E-state index is 0.00967. The van der Waals surface area contributed by atoms with Gasteiger partial charge in [0.25, 0.3) is 0 Å². The number of nitrogens with zero attached hydrogens (tertiary/aromatic N) is 1. The van der Waals surface area contributed by atoms with E-state index in [0.29, 0.717) is 29.2 Å². The van der Waals surface area contributed by atoms with Crippen molar-refractivity contribution in [2.75, 3.05) is 5.32 Å². The van der Waals surface area contributed by atoms with E-state index in [1.807, 2.05) is 44.2 Å². The Kier molecular flexibility index (Phi) is 5.17. The number of anilines is 1. The fourth-order valence-electron chi connectivity index (χ4n) is 6.63. The average molecular weight is 440 g/mol. The van der Waals surface area contributed by atoms with Gasteiger partial charge in [0.05, 0.1) is 5.60 Å². The van der Waals surface area contributed by atoms with Gasteiger partial charge in [-0.25, -0.2) is 0 Å². The standard InChI is InChI=1S/C25H33N3O2S/c1-22(2)13-24(5)12-16-11-23(3,4)20(19(29)18(16)25(30,14-22)15-24)27-28-21(31)26-17-9-7-6-8-10-17/h6-10,30H,11-15H2,1-5H3,(H2,26,28,31)/b27-20+/t24-,25+/m0/s1. The van der Waals surface area contributed by atoms with E-state index in [4.69, 9.17) is 12.2 Å². The number of aliphatic hydroxyl groups is 1. The lowest BCUT2D eigenvalue weighted by atomic mass is 9.49. The first kappa shape index (κ1) is 22.2. The summed E-state index contributed by atoms with van der Waals surface area (Å²) >= 11 is 5.37. The van der Waals surface area contributed by atoms with E-state index in [1.54, 1.807) is 0 Å². The molecule has 1 saturated carbocycles. The second kappa shape index (κ2) is 7.24. The van der Waals surface area contributed by atoms with Crippen molar-refractivity contribution < 1.29 is 9.90 Å². The van der Waals surface area contributed by atoms with Gasteiger partial charge in [-0.2, -0.15) is 5.10 Å². The third-order valence-electron chi connectivity index (χ3n) is 6.89. The Balaban J connectivity index is 1.63. The quantitative estimate of drug-likeness (QED) is 0.448. The van der Waals surface area contributed by atoms with E-state index in [-0.39, 0.29) is 16.6 Å². The number of carbonyl (C=O) groups excluding carboxylic acids is 1. The highest BCUT2D eigenvalue weighted by atomic mass is 32.1. The van der Waals surface area contributed by atoms with Gasteiger partial charge >= 0.3 is 0 Å². The Morgan fingerprint density at radius 2 is 1.71 bits per heavy atom. The van der Waals surface area contributed by atoms with Crippen LogP contribution in [0.4, 0.5) is 5.69 Å². The number of hydrazone groups is 1. The lowest BCUT2D eigenvalue weighted by Gasteiger charge is -2.57. The number of nitrogens with one attached hydrogen (secondary N) is 2. The molecule has 0 unspecified atom stereocenters. The van der Waals surface area contributed by atoms with Gasteiger partial charge in [-0.1, -0.05) is 58.4 Å². The molecule has 0 spiro atoms. The van der Waals surface area contributed by atoms with Crippen LogP contribution in [0.5, 0.6) is 0 Å². The molecule has 5 nitrogen and oxygen atoms in total. The van der Waals surface area contributed by atoms with Crippen molar-refractivity contribution in [1.29, 1.82) is 0 Å². The molecule has 3 aliphatic rings. The summed E-state index contributed by atoms with van der Waals surface area (Å²) in [6.07, 6.45) is 3.91. The lowest BCUT2D eigenvalue weighted by Crippen LogP contribution is -2.56. The molecule has 0 heterocycles. The van der Waals surface area contributed by atoms with E-state index in [2.05, 4.69) is 36.6 Å². The molecule has 4 rings (SSSR count). The monoisotopic (exact) mass is 439 g/mol. The summed E-state index contributed by atoms with van der Waals surface area (Å²) in [7, 11) is 0. The minimum atomic E-state index is -1.08. The second-order valence-electron chi connectivity index (χ2n) is 11.5. The van der Waals surface area contributed by atoms with Gasteiger partial charge in [0.1, 0.15) is 5.71 Å². The molecule has 31 heavy (non-hydrogen) atoms. The molecule has 0 aliphatic heterocycles. The molecule has 0 radical (unpaired) electrons. The van der Waals surface area contributed by atoms with Crippen LogP contribution in [0.3, 0.4) is 0 Å². The van der Waals surface area contributed by atoms with Crippen LogP contribution in [-0.2, 0) is 4.79 Å². The van der Waals surface area contributed by atoms with Crippen LogP contribution >= 0.6 is 12.2 Å². The molecule has 1 fully saturated rings. The zero-order chi connectivity index (χ0) is 22.7. The summed E-state index contributed by atoms with van der Waals surface area (Å²) in [5.74, 6) is -0.136. The van der Waals surface area contributed by atoms with Crippen molar-refractivity contribution in [3.63, 3.8) is 0 Å². The highest BCUT2D eigenvalue weighted by Gasteiger charge is 2.58. The molecule has 3 aliphatic carbocycles. The number of Topliss-reactive ketones (excluding diaryl/α,β-unsaturated/α-hetero) is 1. The van der Waals surface area contributed by atoms with Crippen LogP contribution in [0.15, 0.2) is 46.6 Å². The molecule has 166 valence electrons. The molecule has 1 aromatic rings. The SMILES string of the molecule is CC1(C)C[C@]2(C)CC3=C(C(=O)/C(=N\NC(=S)Nc4ccccc4)C(C)(C)C3)[C@@](O)(C1)C2. The van der Waals surface area contributed by atoms with Gasteiger partial charge in [0.15, 0.2) is 5.11 Å². The number of hydrogen-bond acceptors (Lipinski definition) is 4. The summed E-state index contributed by atoms with van der Waals surface area (Å²) in [4.78, 5) is 13.7. The van der Waals surface area contributed by atoms with Crippen LogP contribution in [0.1, 0.15) is 66.7 Å². The Bertz CT molecular complexity index is 995. The fourth-order valence-corrected chi connectivity index (χ4v) is 6.79. The molecule has 0 amide bonds. The first-order valence-corrected chi connectivity index (χ1v) is 11.4. The zero-order valence-electron chi connectivity index (χ0n) is 19.1. The van der Waals surface area contributed by atoms with E-state index >= 15 is 0 Å². The Labute approximate surface area is 190 Å². The fraction of sp³-hybridized carbons (Fsp3) is 0.560. The van der Waals surface area contributed by atoms with Crippen LogP contribution < -0.4 is 10.7 Å². The second-order valence-corrected chi connectivity index (χ2v) is 11.9. The van der Waals surface area contributed by atoms with Crippen molar-refractivity contribution in [1.82, 2.24) is 5.43 Å². The van der Waals surface area contributed by atoms with Crippen LogP contribution in [0.2, 0.25) is 0 Å². The van der Waals surface area contributed by atoms with Gasteiger partial charge in [-0.15, -0.1) is 0 Å². The van der Waals surface area contributed by atoms with Gasteiger partial charge in [0.2, 0.25) is 5.78 Å². The van der Waals surface area contributed by atoms with Crippen LogP contribution in [0.25, 0.3) is 0 Å². The molecule has 0 aromatic heterocycles. The predicted octanol–water partition coefficient (Wildman–Crippen LogP) is 4.98. The van der Waals surface area contributed by atoms with E-state index < -0.39 is 11.0 Å². The van der Waals surface area contributed by atoms with E-state index in [9.17, 15) is 9.90 Å². The number of para-hydroxylation sites is 1. The van der Waals surface area contributed by atoms with Crippen molar-refractivity contribution in [3.8, 4) is 0 Å². The molecule has 1 aromatic carbocycles. The number of carbonyl (C=O) groups is 1. The first-order chi connectivity index (χ1) is 14.3. The Morgan fingerprint density at radius 3 is 2.39 bits per heavy atom. The molecule has 3 N–H and O–H groups in total. The van der Waals surface area contributed by atoms with E-state index in [1.165, 1.54) is 0 Å². The van der Waals surface area contributed by atoms with Crippen molar-refractivity contribution >= 4 is 34.5 Å². The number of thiocarbonyl (C=S) groups is 1. The molecular formula is C25H33N3O2S. The summed E-state index contributed by atoms with van der Waals surface area (Å²) in [5.41, 5.74) is 4.36. The number of fused-ring (bicyclic) bond motifs is 3. The summed E-state index contributed by atoms with van der Waals surface area (Å²) < 4.78 is 0. The smallest absolute Gasteiger partial charge is 0.208 e. The van der Waals surface area contributed by atoms with E-state index in [0.717, 1.165) is 30.5 Å². The molecule has 2 bridgehead atoms. The molecule has 6 heteroatoms. The summed E-state index contributed by atoms with van der Waals surface area (Å²) in [5, 5.41) is 19.6. The third kappa shape index (κ3) is 4.20. The summed E-state index contributed by atoms with van der Waals surface area (Å²) in [6.45, 7) is 10.7. The highest BCUT2D eigenvalue weighted by Crippen LogP contribution is 2.61. The largest absolute Gasteiger partial charge is 0.385 e. The molecule has 0 saturated heterocycles. The van der Waals surface area contributed by atoms with Crippen LogP contribution in [-0.4, -0.2) is 27.3 Å². The Morgan fingerprint density at radius 1 is 1.03 bits per heavy atom. The topological polar surface area (TPSA) is 73.7 Å². The predicted molar refractivity (Wildman–Crippen MR) is 129 cm³/mol. The average Bonchev–Trinajstić information content (AvgIpc) is 2.57.